The summed E-state index contributed by atoms with van der Waals surface area (Å²) in [7, 11) is 0. The average Bonchev–Trinajstić information content (AvgIpc) is 2.60. The van der Waals surface area contributed by atoms with Crippen LogP contribution < -0.4 is 0 Å². The van der Waals surface area contributed by atoms with Crippen molar-refractivity contribution in [2.75, 3.05) is 13.2 Å². The van der Waals surface area contributed by atoms with Gasteiger partial charge in [0, 0.05) is 0 Å². The first-order valence-corrected chi connectivity index (χ1v) is 6.58. The van der Waals surface area contributed by atoms with Gasteiger partial charge in [0.05, 0.1) is 13.2 Å². The zero-order valence-corrected chi connectivity index (χ0v) is 13.6. The molecule has 0 bridgehead atoms. The molecular formula is C11H10F12O7. The van der Waals surface area contributed by atoms with Crippen LogP contribution in [0, 0.1) is 0 Å². The van der Waals surface area contributed by atoms with Crippen LogP contribution in [0.15, 0.2) is 0 Å². The van der Waals surface area contributed by atoms with E-state index in [0.29, 0.717) is 0 Å². The molecule has 0 amide bonds. The lowest BCUT2D eigenvalue weighted by Crippen LogP contribution is -2.72. The molecule has 0 radical (unpaired) electrons. The molecule has 0 saturated heterocycles. The third-order valence-electron chi connectivity index (χ3n) is 2.93. The molecule has 0 spiro atoms. The van der Waals surface area contributed by atoms with Gasteiger partial charge in [-0.25, -0.2) is 9.59 Å². The molecule has 0 atom stereocenters. The second-order valence-electron chi connectivity index (χ2n) is 5.08. The summed E-state index contributed by atoms with van der Waals surface area (Å²) in [5.41, 5.74) is 0. The van der Waals surface area contributed by atoms with Crippen LogP contribution >= 0.6 is 0 Å². The highest BCUT2D eigenvalue weighted by molar-refractivity contribution is 5.78. The van der Waals surface area contributed by atoms with Crippen molar-refractivity contribution in [2.45, 2.75) is 41.6 Å². The largest absolute Gasteiger partial charge is 0.477 e. The predicted molar refractivity (Wildman–Crippen MR) is 65.1 cm³/mol. The van der Waals surface area contributed by atoms with Crippen molar-refractivity contribution in [1.29, 1.82) is 0 Å². The Bertz CT molecular complexity index is 570. The van der Waals surface area contributed by atoms with E-state index in [2.05, 4.69) is 0 Å². The third kappa shape index (κ3) is 4.66. The highest BCUT2D eigenvalue weighted by atomic mass is 19.4. The maximum absolute atomic E-state index is 12.9. The van der Waals surface area contributed by atoms with Gasteiger partial charge < -0.3 is 25.5 Å². The Morgan fingerprint density at radius 2 is 0.767 bits per heavy atom. The second kappa shape index (κ2) is 9.00. The Kier molecular flexibility index (Phi) is 9.05. The van der Waals surface area contributed by atoms with Crippen LogP contribution in [0.3, 0.4) is 0 Å². The van der Waals surface area contributed by atoms with Gasteiger partial charge in [-0.3, -0.25) is 0 Å². The Morgan fingerprint density at radius 3 is 0.867 bits per heavy atom. The molecule has 19 heteroatoms. The van der Waals surface area contributed by atoms with E-state index < -0.39 is 53.6 Å². The van der Waals surface area contributed by atoms with Gasteiger partial charge in [0.2, 0.25) is 0 Å². The van der Waals surface area contributed by atoms with E-state index in [1.54, 1.807) is 0 Å². The van der Waals surface area contributed by atoms with Gasteiger partial charge in [-0.05, 0) is 0 Å². The number of aliphatic hydroxyl groups is 3. The third-order valence-corrected chi connectivity index (χ3v) is 2.93. The van der Waals surface area contributed by atoms with E-state index in [4.69, 9.17) is 25.5 Å². The number of alkyl halides is 12. The lowest BCUT2D eigenvalue weighted by atomic mass is 9.91. The summed E-state index contributed by atoms with van der Waals surface area (Å²) in [4.78, 5) is 19.5. The molecule has 0 aliphatic carbocycles. The number of carboxylic acids is 2. The molecule has 0 rings (SSSR count). The summed E-state index contributed by atoms with van der Waals surface area (Å²) in [5, 5.41) is 39.3. The van der Waals surface area contributed by atoms with E-state index in [0.717, 1.165) is 0 Å². The van der Waals surface area contributed by atoms with Crippen molar-refractivity contribution in [3.05, 3.63) is 0 Å². The zero-order chi connectivity index (χ0) is 25.1. The van der Waals surface area contributed by atoms with Crippen LogP contribution in [0.2, 0.25) is 0 Å². The molecule has 30 heavy (non-hydrogen) atoms. The normalized spacial score (nSPS) is 14.3. The van der Waals surface area contributed by atoms with Crippen LogP contribution in [0.4, 0.5) is 52.7 Å². The fourth-order valence-electron chi connectivity index (χ4n) is 1.12. The molecule has 0 aliphatic rings. The number of rotatable bonds is 9. The summed E-state index contributed by atoms with van der Waals surface area (Å²) >= 11 is 0. The summed E-state index contributed by atoms with van der Waals surface area (Å²) in [6.07, 6.45) is -0.954. The second-order valence-corrected chi connectivity index (χ2v) is 5.08. The Hall–Kier alpha value is -2.02. The van der Waals surface area contributed by atoms with Gasteiger partial charge in [-0.2, -0.15) is 52.7 Å². The lowest BCUT2D eigenvalue weighted by Gasteiger charge is -2.39. The Balaban J connectivity index is 0. The molecule has 0 aliphatic heterocycles. The Labute approximate surface area is 156 Å². The first kappa shape index (κ1) is 30.2. The molecule has 0 heterocycles. The molecule has 0 aromatic rings. The van der Waals surface area contributed by atoms with Gasteiger partial charge in [-0.15, -0.1) is 0 Å². The standard InChI is InChI=1S/C8H2F12O4.C3H8O3/c9-3(10,1(21)22)5(13,14)7(17,18)8(19,20)6(15,16)4(11,12)2(23)24;4-1-3(6)2-5/h(H,21,22)(H,23,24);3-6H,1-2H2. The minimum absolute atomic E-state index is 0.365. The predicted octanol–water partition coefficient (Wildman–Crippen LogP) is 1.30. The molecule has 0 aromatic heterocycles. The quantitative estimate of drug-likeness (QED) is 0.313. The van der Waals surface area contributed by atoms with Crippen LogP contribution in [0.1, 0.15) is 0 Å². The van der Waals surface area contributed by atoms with Crippen molar-refractivity contribution in [3.63, 3.8) is 0 Å². The molecule has 0 fully saturated rings. The average molecular weight is 482 g/mol. The van der Waals surface area contributed by atoms with Crippen LogP contribution in [0.25, 0.3) is 0 Å². The van der Waals surface area contributed by atoms with Crippen molar-refractivity contribution < 1.29 is 87.8 Å². The van der Waals surface area contributed by atoms with E-state index in [1.165, 1.54) is 0 Å². The summed E-state index contributed by atoms with van der Waals surface area (Å²) in [5.74, 6) is -54.4. The number of carbonyl (C=O) groups is 2. The first-order valence-electron chi connectivity index (χ1n) is 6.58. The molecule has 7 nitrogen and oxygen atoms in total. The number of halogens is 12. The summed E-state index contributed by atoms with van der Waals surface area (Å²) in [6, 6.07) is 0. The van der Waals surface area contributed by atoms with Crippen LogP contribution in [-0.4, -0.2) is 92.3 Å². The zero-order valence-electron chi connectivity index (χ0n) is 13.6. The molecule has 0 unspecified atom stereocenters. The van der Waals surface area contributed by atoms with Crippen LogP contribution in [-0.2, 0) is 9.59 Å². The number of aliphatic carboxylic acids is 2. The van der Waals surface area contributed by atoms with E-state index >= 15 is 0 Å². The molecular weight excluding hydrogens is 472 g/mol. The lowest BCUT2D eigenvalue weighted by molar-refractivity contribution is -0.417. The highest BCUT2D eigenvalue weighted by Gasteiger charge is 2.92. The summed E-state index contributed by atoms with van der Waals surface area (Å²) in [6.45, 7) is -0.729. The van der Waals surface area contributed by atoms with E-state index in [1.807, 2.05) is 0 Å². The van der Waals surface area contributed by atoms with Crippen molar-refractivity contribution in [2.24, 2.45) is 0 Å². The minimum Gasteiger partial charge on any atom is -0.477 e. The fraction of sp³-hybridized carbons (Fsp3) is 0.818. The minimum atomic E-state index is -8.11. The van der Waals surface area contributed by atoms with Crippen LogP contribution in [0.5, 0.6) is 0 Å². The number of carboxylic acid groups (broad SMARTS) is 2. The van der Waals surface area contributed by atoms with Gasteiger partial charge in [0.1, 0.15) is 6.10 Å². The topological polar surface area (TPSA) is 135 Å². The number of aliphatic hydroxyl groups excluding tert-OH is 3. The number of hydrogen-bond donors (Lipinski definition) is 5. The molecule has 180 valence electrons. The molecule has 0 saturated carbocycles. The maximum atomic E-state index is 12.9. The molecule has 5 N–H and O–H groups in total. The van der Waals surface area contributed by atoms with Gasteiger partial charge in [0.15, 0.2) is 0 Å². The first-order chi connectivity index (χ1) is 12.9. The fourth-order valence-corrected chi connectivity index (χ4v) is 1.12. The van der Waals surface area contributed by atoms with Crippen molar-refractivity contribution in [3.8, 4) is 0 Å². The monoisotopic (exact) mass is 482 g/mol. The molecule has 0 aromatic carbocycles. The van der Waals surface area contributed by atoms with E-state index in [9.17, 15) is 62.3 Å². The smallest absolute Gasteiger partial charge is 0.410 e. The highest BCUT2D eigenvalue weighted by Crippen LogP contribution is 2.59. The van der Waals surface area contributed by atoms with Crippen molar-refractivity contribution in [1.82, 2.24) is 0 Å². The number of hydrogen-bond acceptors (Lipinski definition) is 5. The van der Waals surface area contributed by atoms with Gasteiger partial charge >= 0.3 is 47.5 Å². The van der Waals surface area contributed by atoms with Crippen molar-refractivity contribution >= 4 is 11.9 Å². The van der Waals surface area contributed by atoms with Gasteiger partial charge in [0.25, 0.3) is 0 Å². The summed E-state index contributed by atoms with van der Waals surface area (Å²) < 4.78 is 152. The van der Waals surface area contributed by atoms with E-state index in [-0.39, 0.29) is 13.2 Å². The SMILES string of the molecule is O=C(O)C(F)(F)C(F)(F)C(F)(F)C(F)(F)C(F)(F)C(F)(F)C(=O)O.OCC(O)CO. The maximum Gasteiger partial charge on any atom is 0.410 e. The van der Waals surface area contributed by atoms with Gasteiger partial charge in [-0.1, -0.05) is 0 Å². The Morgan fingerprint density at radius 1 is 0.567 bits per heavy atom.